The van der Waals surface area contributed by atoms with E-state index in [0.717, 1.165) is 28.1 Å². The van der Waals surface area contributed by atoms with Gasteiger partial charge in [-0.2, -0.15) is 0 Å². The maximum atomic E-state index is 12.6. The zero-order valence-electron chi connectivity index (χ0n) is 18.2. The van der Waals surface area contributed by atoms with Gasteiger partial charge in [0.2, 0.25) is 15.9 Å². The molecule has 0 aliphatic carbocycles. The number of benzene rings is 2. The quantitative estimate of drug-likeness (QED) is 0.736. The summed E-state index contributed by atoms with van der Waals surface area (Å²) < 4.78 is 25.8. The van der Waals surface area contributed by atoms with Crippen LogP contribution < -0.4 is 9.62 Å². The van der Waals surface area contributed by atoms with Crippen LogP contribution in [0.5, 0.6) is 0 Å². The van der Waals surface area contributed by atoms with Crippen molar-refractivity contribution in [3.05, 3.63) is 65.2 Å². The lowest BCUT2D eigenvalue weighted by Gasteiger charge is -2.25. The van der Waals surface area contributed by atoms with Crippen LogP contribution in [0.4, 0.5) is 5.69 Å². The Morgan fingerprint density at radius 1 is 1.03 bits per heavy atom. The van der Waals surface area contributed by atoms with Crippen LogP contribution in [0.3, 0.4) is 0 Å². The fourth-order valence-corrected chi connectivity index (χ4v) is 3.93. The lowest BCUT2D eigenvalue weighted by atomic mass is 9.87. The molecule has 0 aliphatic heterocycles. The van der Waals surface area contributed by atoms with Gasteiger partial charge in [-0.25, -0.2) is 8.42 Å². The molecule has 1 atom stereocenters. The number of carbonyl (C=O) groups excluding carboxylic acids is 1. The highest BCUT2D eigenvalue weighted by molar-refractivity contribution is 7.92. The van der Waals surface area contributed by atoms with Crippen molar-refractivity contribution in [2.45, 2.75) is 52.5 Å². The summed E-state index contributed by atoms with van der Waals surface area (Å²) in [7, 11) is -3.60. The number of carbonyl (C=O) groups is 1. The van der Waals surface area contributed by atoms with E-state index in [-0.39, 0.29) is 23.9 Å². The Bertz CT molecular complexity index is 928. The SMILES string of the molecule is CCc1ccc(C(C)NC(=O)CN(c2ccc(C(C)(C)C)cc2)S(C)(=O)=O)cc1. The van der Waals surface area contributed by atoms with E-state index >= 15 is 0 Å². The molecular formula is C23H32N2O3S. The van der Waals surface area contributed by atoms with Crippen molar-refractivity contribution in [2.24, 2.45) is 0 Å². The lowest BCUT2D eigenvalue weighted by Crippen LogP contribution is -2.41. The zero-order chi connectivity index (χ0) is 21.8. The van der Waals surface area contributed by atoms with Gasteiger partial charge in [0.15, 0.2) is 0 Å². The second-order valence-electron chi connectivity index (χ2n) is 8.45. The summed E-state index contributed by atoms with van der Waals surface area (Å²) in [6, 6.07) is 15.2. The summed E-state index contributed by atoms with van der Waals surface area (Å²) in [5.74, 6) is -0.345. The van der Waals surface area contributed by atoms with E-state index in [2.05, 4.69) is 33.0 Å². The average molecular weight is 417 g/mol. The molecule has 1 unspecified atom stereocenters. The van der Waals surface area contributed by atoms with E-state index in [1.807, 2.05) is 43.3 Å². The summed E-state index contributed by atoms with van der Waals surface area (Å²) in [6.45, 7) is 10.0. The molecule has 0 fully saturated rings. The number of hydrogen-bond donors (Lipinski definition) is 1. The van der Waals surface area contributed by atoms with Gasteiger partial charge in [0, 0.05) is 0 Å². The van der Waals surface area contributed by atoms with Crippen molar-refractivity contribution in [3.8, 4) is 0 Å². The third kappa shape index (κ3) is 6.32. The second-order valence-corrected chi connectivity index (χ2v) is 10.4. The Morgan fingerprint density at radius 3 is 2.03 bits per heavy atom. The molecule has 0 saturated carbocycles. The van der Waals surface area contributed by atoms with Crippen molar-refractivity contribution < 1.29 is 13.2 Å². The molecule has 158 valence electrons. The summed E-state index contributed by atoms with van der Waals surface area (Å²) in [5, 5.41) is 2.90. The third-order valence-electron chi connectivity index (χ3n) is 4.97. The van der Waals surface area contributed by atoms with Gasteiger partial charge in [-0.1, -0.05) is 64.1 Å². The van der Waals surface area contributed by atoms with Gasteiger partial charge < -0.3 is 5.32 Å². The third-order valence-corrected chi connectivity index (χ3v) is 6.11. The van der Waals surface area contributed by atoms with Gasteiger partial charge >= 0.3 is 0 Å². The number of amides is 1. The summed E-state index contributed by atoms with van der Waals surface area (Å²) in [5.41, 5.74) is 3.76. The molecule has 29 heavy (non-hydrogen) atoms. The molecule has 6 heteroatoms. The number of aryl methyl sites for hydroxylation is 1. The van der Waals surface area contributed by atoms with E-state index < -0.39 is 10.0 Å². The Balaban J connectivity index is 2.14. The number of rotatable bonds is 7. The molecule has 0 radical (unpaired) electrons. The van der Waals surface area contributed by atoms with Gasteiger partial charge in [0.25, 0.3) is 0 Å². The minimum Gasteiger partial charge on any atom is -0.348 e. The minimum absolute atomic E-state index is 0.0332. The molecule has 0 saturated heterocycles. The largest absolute Gasteiger partial charge is 0.348 e. The highest BCUT2D eigenvalue weighted by atomic mass is 32.2. The summed E-state index contributed by atoms with van der Waals surface area (Å²) >= 11 is 0. The fraction of sp³-hybridized carbons (Fsp3) is 0.435. The maximum Gasteiger partial charge on any atom is 0.241 e. The highest BCUT2D eigenvalue weighted by Crippen LogP contribution is 2.26. The van der Waals surface area contributed by atoms with Crippen LogP contribution in [0.1, 0.15) is 57.4 Å². The predicted molar refractivity (Wildman–Crippen MR) is 120 cm³/mol. The first-order valence-corrected chi connectivity index (χ1v) is 11.7. The fourth-order valence-electron chi connectivity index (χ4n) is 3.07. The monoisotopic (exact) mass is 416 g/mol. The molecular weight excluding hydrogens is 384 g/mol. The minimum atomic E-state index is -3.60. The van der Waals surface area contributed by atoms with E-state index in [4.69, 9.17) is 0 Å². The normalized spacial score (nSPS) is 13.0. The van der Waals surface area contributed by atoms with Crippen LogP contribution in [-0.2, 0) is 26.7 Å². The topological polar surface area (TPSA) is 66.5 Å². The number of nitrogens with zero attached hydrogens (tertiary/aromatic N) is 1. The summed E-state index contributed by atoms with van der Waals surface area (Å²) in [6.07, 6.45) is 2.07. The average Bonchev–Trinajstić information content (AvgIpc) is 2.64. The van der Waals surface area contributed by atoms with Crippen LogP contribution in [0.15, 0.2) is 48.5 Å². The van der Waals surface area contributed by atoms with Crippen molar-refractivity contribution >= 4 is 21.6 Å². The van der Waals surface area contributed by atoms with Crippen LogP contribution in [0, 0.1) is 0 Å². The molecule has 1 amide bonds. The molecule has 2 aromatic rings. The molecule has 0 aromatic heterocycles. The Hall–Kier alpha value is -2.34. The van der Waals surface area contributed by atoms with Crippen LogP contribution >= 0.6 is 0 Å². The van der Waals surface area contributed by atoms with E-state index in [9.17, 15) is 13.2 Å². The van der Waals surface area contributed by atoms with Gasteiger partial charge in [-0.15, -0.1) is 0 Å². The molecule has 0 spiro atoms. The molecule has 2 rings (SSSR count). The zero-order valence-corrected chi connectivity index (χ0v) is 19.0. The number of nitrogens with one attached hydrogen (secondary N) is 1. The van der Waals surface area contributed by atoms with Crippen molar-refractivity contribution in [3.63, 3.8) is 0 Å². The van der Waals surface area contributed by atoms with Crippen LogP contribution in [-0.4, -0.2) is 27.1 Å². The van der Waals surface area contributed by atoms with E-state index in [1.165, 1.54) is 5.56 Å². The van der Waals surface area contributed by atoms with Crippen molar-refractivity contribution in [2.75, 3.05) is 17.1 Å². The van der Waals surface area contributed by atoms with Gasteiger partial charge in [0.05, 0.1) is 18.0 Å². The Morgan fingerprint density at radius 2 is 1.59 bits per heavy atom. The van der Waals surface area contributed by atoms with Gasteiger partial charge in [-0.05, 0) is 47.6 Å². The first kappa shape index (κ1) is 22.9. The predicted octanol–water partition coefficient (Wildman–Crippen LogP) is 4.19. The molecule has 0 aliphatic rings. The summed E-state index contributed by atoms with van der Waals surface area (Å²) in [4.78, 5) is 12.6. The highest BCUT2D eigenvalue weighted by Gasteiger charge is 2.23. The van der Waals surface area contributed by atoms with E-state index in [0.29, 0.717) is 5.69 Å². The smallest absolute Gasteiger partial charge is 0.241 e. The standard InChI is InChI=1S/C23H32N2O3S/c1-7-18-8-10-19(11-9-18)17(2)24-22(26)16-25(29(6,27)28)21-14-12-20(13-15-21)23(3,4)5/h8-15,17H,7,16H2,1-6H3,(H,24,26). The van der Waals surface area contributed by atoms with Crippen LogP contribution in [0.2, 0.25) is 0 Å². The van der Waals surface area contributed by atoms with Crippen molar-refractivity contribution in [1.82, 2.24) is 5.32 Å². The molecule has 0 bridgehead atoms. The molecule has 2 aromatic carbocycles. The van der Waals surface area contributed by atoms with Crippen LogP contribution in [0.25, 0.3) is 0 Å². The second kappa shape index (κ2) is 8.99. The maximum absolute atomic E-state index is 12.6. The van der Waals surface area contributed by atoms with Crippen molar-refractivity contribution in [1.29, 1.82) is 0 Å². The number of sulfonamides is 1. The molecule has 0 heterocycles. The number of anilines is 1. The van der Waals surface area contributed by atoms with E-state index in [1.54, 1.807) is 12.1 Å². The lowest BCUT2D eigenvalue weighted by molar-refractivity contribution is -0.120. The van der Waals surface area contributed by atoms with Gasteiger partial charge in [-0.3, -0.25) is 9.10 Å². The first-order chi connectivity index (χ1) is 13.4. The molecule has 1 N–H and O–H groups in total. The molecule has 5 nitrogen and oxygen atoms in total. The van der Waals surface area contributed by atoms with Gasteiger partial charge in [0.1, 0.15) is 6.54 Å². The number of hydrogen-bond acceptors (Lipinski definition) is 3. The first-order valence-electron chi connectivity index (χ1n) is 9.88. The Labute approximate surface area is 175 Å². The Kier molecular flexibility index (Phi) is 7.11.